The van der Waals surface area contributed by atoms with Gasteiger partial charge in [-0.05, 0) is 26.0 Å². The van der Waals surface area contributed by atoms with Crippen molar-refractivity contribution >= 4 is 5.97 Å². The van der Waals surface area contributed by atoms with Crippen LogP contribution in [0.15, 0.2) is 36.1 Å². The molecule has 0 atom stereocenters. The zero-order valence-corrected chi connectivity index (χ0v) is 10.2. The topological polar surface area (TPSA) is 44.8 Å². The van der Waals surface area contributed by atoms with E-state index in [1.165, 1.54) is 6.26 Å². The lowest BCUT2D eigenvalue weighted by Gasteiger charge is -2.07. The van der Waals surface area contributed by atoms with Crippen LogP contribution in [0.5, 0.6) is 11.5 Å². The number of para-hydroxylation sites is 2. The predicted octanol–water partition coefficient (Wildman–Crippen LogP) is 2.54. The first-order valence-corrected chi connectivity index (χ1v) is 5.32. The van der Waals surface area contributed by atoms with Crippen molar-refractivity contribution in [3.63, 3.8) is 0 Å². The van der Waals surface area contributed by atoms with Crippen LogP contribution in [0.25, 0.3) is 0 Å². The molecule has 0 N–H and O–H groups in total. The Morgan fingerprint density at radius 3 is 2.53 bits per heavy atom. The van der Waals surface area contributed by atoms with Gasteiger partial charge in [0.05, 0.1) is 19.3 Å². The third-order valence-corrected chi connectivity index (χ3v) is 2.03. The average Bonchev–Trinajstić information content (AvgIpc) is 2.36. The van der Waals surface area contributed by atoms with Crippen LogP contribution in [0, 0.1) is 0 Å². The minimum Gasteiger partial charge on any atom is -0.493 e. The van der Waals surface area contributed by atoms with E-state index in [1.807, 2.05) is 12.1 Å². The summed E-state index contributed by atoms with van der Waals surface area (Å²) in [7, 11) is 1.56. The molecule has 0 saturated carbocycles. The Hall–Kier alpha value is -1.97. The van der Waals surface area contributed by atoms with Crippen LogP contribution in [0.4, 0.5) is 0 Å². The molecule has 0 radical (unpaired) electrons. The fraction of sp³-hybridized carbons (Fsp3) is 0.308. The molecule has 1 aromatic carbocycles. The summed E-state index contributed by atoms with van der Waals surface area (Å²) in [6.07, 6.45) is 1.36. The molecule has 0 amide bonds. The lowest BCUT2D eigenvalue weighted by molar-refractivity contribution is -0.138. The minimum atomic E-state index is -0.387. The van der Waals surface area contributed by atoms with Gasteiger partial charge in [-0.25, -0.2) is 4.79 Å². The third kappa shape index (κ3) is 3.83. The van der Waals surface area contributed by atoms with E-state index in [2.05, 4.69) is 0 Å². The van der Waals surface area contributed by atoms with Crippen LogP contribution in [0.1, 0.15) is 13.8 Å². The summed E-state index contributed by atoms with van der Waals surface area (Å²) in [5, 5.41) is 0. The molecule has 0 aliphatic rings. The van der Waals surface area contributed by atoms with E-state index in [9.17, 15) is 4.79 Å². The van der Waals surface area contributed by atoms with Crippen LogP contribution in [-0.4, -0.2) is 19.7 Å². The van der Waals surface area contributed by atoms with Crippen LogP contribution in [0.2, 0.25) is 0 Å². The standard InChI is InChI=1S/C13H16O4/c1-4-16-13(14)10(2)9-17-12-8-6-5-7-11(12)15-3/h5-9H,4H2,1-3H3/b10-9+. The van der Waals surface area contributed by atoms with Crippen molar-refractivity contribution in [2.45, 2.75) is 13.8 Å². The molecule has 0 fully saturated rings. The fourth-order valence-corrected chi connectivity index (χ4v) is 1.16. The van der Waals surface area contributed by atoms with Crippen LogP contribution < -0.4 is 9.47 Å². The lowest BCUT2D eigenvalue weighted by Crippen LogP contribution is -2.06. The number of esters is 1. The highest BCUT2D eigenvalue weighted by Gasteiger charge is 2.06. The first kappa shape index (κ1) is 13.1. The molecule has 4 nitrogen and oxygen atoms in total. The Bertz CT molecular complexity index is 410. The minimum absolute atomic E-state index is 0.346. The SMILES string of the molecule is CCOC(=O)/C(C)=C/Oc1ccccc1OC. The molecule has 0 aliphatic heterocycles. The average molecular weight is 236 g/mol. The van der Waals surface area contributed by atoms with Crippen molar-refractivity contribution < 1.29 is 19.0 Å². The maximum Gasteiger partial charge on any atom is 0.336 e. The largest absolute Gasteiger partial charge is 0.493 e. The molecule has 17 heavy (non-hydrogen) atoms. The number of carbonyl (C=O) groups excluding carboxylic acids is 1. The quantitative estimate of drug-likeness (QED) is 0.447. The molecule has 0 heterocycles. The molecular formula is C13H16O4. The highest BCUT2D eigenvalue weighted by molar-refractivity contribution is 5.87. The first-order valence-electron chi connectivity index (χ1n) is 5.32. The number of methoxy groups -OCH3 is 1. The van der Waals surface area contributed by atoms with E-state index >= 15 is 0 Å². The van der Waals surface area contributed by atoms with Crippen molar-refractivity contribution in [2.75, 3.05) is 13.7 Å². The number of hydrogen-bond acceptors (Lipinski definition) is 4. The Labute approximate surface area is 101 Å². The second-order valence-corrected chi connectivity index (χ2v) is 3.29. The van der Waals surface area contributed by atoms with Crippen molar-refractivity contribution in [1.82, 2.24) is 0 Å². The monoisotopic (exact) mass is 236 g/mol. The van der Waals surface area contributed by atoms with E-state index in [-0.39, 0.29) is 5.97 Å². The Morgan fingerprint density at radius 1 is 1.29 bits per heavy atom. The molecule has 0 aromatic heterocycles. The Kier molecular flexibility index (Phi) is 5.07. The van der Waals surface area contributed by atoms with Gasteiger partial charge in [0.15, 0.2) is 11.5 Å². The van der Waals surface area contributed by atoms with Crippen LogP contribution in [-0.2, 0) is 9.53 Å². The van der Waals surface area contributed by atoms with Crippen LogP contribution in [0.3, 0.4) is 0 Å². The highest BCUT2D eigenvalue weighted by atomic mass is 16.5. The smallest absolute Gasteiger partial charge is 0.336 e. The normalized spacial score (nSPS) is 10.9. The van der Waals surface area contributed by atoms with Crippen molar-refractivity contribution in [3.05, 3.63) is 36.1 Å². The second-order valence-electron chi connectivity index (χ2n) is 3.29. The van der Waals surface area contributed by atoms with Gasteiger partial charge in [0.25, 0.3) is 0 Å². The maximum atomic E-state index is 11.3. The van der Waals surface area contributed by atoms with Crippen molar-refractivity contribution in [3.8, 4) is 11.5 Å². The zero-order chi connectivity index (χ0) is 12.7. The van der Waals surface area contributed by atoms with E-state index in [0.717, 1.165) is 0 Å². The van der Waals surface area contributed by atoms with E-state index in [1.54, 1.807) is 33.1 Å². The number of ether oxygens (including phenoxy) is 3. The van der Waals surface area contributed by atoms with Crippen molar-refractivity contribution in [1.29, 1.82) is 0 Å². The molecule has 0 unspecified atom stereocenters. The highest BCUT2D eigenvalue weighted by Crippen LogP contribution is 2.26. The lowest BCUT2D eigenvalue weighted by atomic mass is 10.3. The molecule has 0 bridgehead atoms. The third-order valence-electron chi connectivity index (χ3n) is 2.03. The van der Waals surface area contributed by atoms with Gasteiger partial charge in [-0.2, -0.15) is 0 Å². The van der Waals surface area contributed by atoms with Gasteiger partial charge in [-0.15, -0.1) is 0 Å². The zero-order valence-electron chi connectivity index (χ0n) is 10.2. The van der Waals surface area contributed by atoms with Gasteiger partial charge in [0.1, 0.15) is 6.26 Å². The molecule has 4 heteroatoms. The van der Waals surface area contributed by atoms with Gasteiger partial charge >= 0.3 is 5.97 Å². The molecule has 0 spiro atoms. The number of rotatable bonds is 5. The predicted molar refractivity (Wildman–Crippen MR) is 64.0 cm³/mol. The number of benzene rings is 1. The fourth-order valence-electron chi connectivity index (χ4n) is 1.16. The van der Waals surface area contributed by atoms with Gasteiger partial charge in [-0.1, -0.05) is 12.1 Å². The van der Waals surface area contributed by atoms with Crippen LogP contribution >= 0.6 is 0 Å². The molecule has 0 aliphatic carbocycles. The van der Waals surface area contributed by atoms with Gasteiger partial charge in [-0.3, -0.25) is 0 Å². The molecule has 92 valence electrons. The van der Waals surface area contributed by atoms with Crippen molar-refractivity contribution in [2.24, 2.45) is 0 Å². The molecule has 0 saturated heterocycles. The maximum absolute atomic E-state index is 11.3. The van der Waals surface area contributed by atoms with Gasteiger partial charge in [0.2, 0.25) is 0 Å². The summed E-state index contributed by atoms with van der Waals surface area (Å²) in [5.41, 5.74) is 0.401. The summed E-state index contributed by atoms with van der Waals surface area (Å²) in [6.45, 7) is 3.73. The Morgan fingerprint density at radius 2 is 1.94 bits per heavy atom. The van der Waals surface area contributed by atoms with Gasteiger partial charge < -0.3 is 14.2 Å². The Balaban J connectivity index is 2.71. The van der Waals surface area contributed by atoms with E-state index in [0.29, 0.717) is 23.7 Å². The number of carbonyl (C=O) groups is 1. The molecule has 1 aromatic rings. The summed E-state index contributed by atoms with van der Waals surface area (Å²) < 4.78 is 15.3. The first-order chi connectivity index (χ1) is 8.19. The molecular weight excluding hydrogens is 220 g/mol. The summed E-state index contributed by atoms with van der Waals surface area (Å²) in [4.78, 5) is 11.3. The summed E-state index contributed by atoms with van der Waals surface area (Å²) >= 11 is 0. The van der Waals surface area contributed by atoms with Gasteiger partial charge in [0, 0.05) is 0 Å². The number of hydrogen-bond donors (Lipinski definition) is 0. The van der Waals surface area contributed by atoms with E-state index in [4.69, 9.17) is 14.2 Å². The summed E-state index contributed by atoms with van der Waals surface area (Å²) in [5.74, 6) is 0.779. The summed E-state index contributed by atoms with van der Waals surface area (Å²) in [6, 6.07) is 7.20. The molecule has 1 rings (SSSR count). The van der Waals surface area contributed by atoms with E-state index < -0.39 is 0 Å². The second kappa shape index (κ2) is 6.58.